The molecule has 0 fully saturated rings. The fourth-order valence-corrected chi connectivity index (χ4v) is 3.36. The van der Waals surface area contributed by atoms with Crippen LogP contribution in [0.15, 0.2) is 10.6 Å². The molecule has 0 bridgehead atoms. The lowest BCUT2D eigenvalue weighted by molar-refractivity contribution is -0.116. The van der Waals surface area contributed by atoms with E-state index in [1.54, 1.807) is 21.6 Å². The average Bonchev–Trinajstić information content (AvgIpc) is 2.30. The molecule has 0 rings (SSSR count). The van der Waals surface area contributed by atoms with Gasteiger partial charge in [-0.25, -0.2) is 0 Å². The molecular weight excluding hydrogens is 258 g/mol. The van der Waals surface area contributed by atoms with Gasteiger partial charge in [-0.05, 0) is 6.92 Å². The molecule has 2 N–H and O–H groups in total. The molecule has 0 saturated heterocycles. The van der Waals surface area contributed by atoms with Crippen molar-refractivity contribution in [3.63, 3.8) is 0 Å². The van der Waals surface area contributed by atoms with Crippen molar-refractivity contribution in [2.75, 3.05) is 19.8 Å². The first-order chi connectivity index (χ1) is 8.06. The topological polar surface area (TPSA) is 60.8 Å². The summed E-state index contributed by atoms with van der Waals surface area (Å²) in [6.07, 6.45) is 1.25. The standard InChI is InChI=1S/C11H21NO3S2/c1-9(2)16-17-11(4-6-13)10(3)12(8-15)5-7-14/h8-9,13-14H,4-7H2,1-3H3. The minimum Gasteiger partial charge on any atom is -0.396 e. The van der Waals surface area contributed by atoms with E-state index >= 15 is 0 Å². The van der Waals surface area contributed by atoms with Crippen LogP contribution >= 0.6 is 21.6 Å². The van der Waals surface area contributed by atoms with Crippen LogP contribution in [0.4, 0.5) is 0 Å². The Hall–Kier alpha value is -0.170. The molecule has 0 radical (unpaired) electrons. The Bertz CT molecular complexity index is 257. The highest BCUT2D eigenvalue weighted by Gasteiger charge is 2.11. The van der Waals surface area contributed by atoms with E-state index in [0.29, 0.717) is 18.1 Å². The van der Waals surface area contributed by atoms with Crippen molar-refractivity contribution in [2.45, 2.75) is 32.4 Å². The highest BCUT2D eigenvalue weighted by molar-refractivity contribution is 8.78. The normalized spacial score (nSPS) is 12.6. The Kier molecular flexibility index (Phi) is 9.72. The third-order valence-corrected chi connectivity index (χ3v) is 5.21. The summed E-state index contributed by atoms with van der Waals surface area (Å²) in [5, 5.41) is 18.4. The predicted molar refractivity (Wildman–Crippen MR) is 74.6 cm³/mol. The van der Waals surface area contributed by atoms with E-state index in [9.17, 15) is 4.79 Å². The third kappa shape index (κ3) is 6.98. The van der Waals surface area contributed by atoms with Crippen molar-refractivity contribution in [1.29, 1.82) is 0 Å². The summed E-state index contributed by atoms with van der Waals surface area (Å²) >= 11 is 0. The number of allylic oxidation sites excluding steroid dienone is 1. The van der Waals surface area contributed by atoms with Gasteiger partial charge < -0.3 is 15.1 Å². The van der Waals surface area contributed by atoms with Crippen LogP contribution in [-0.2, 0) is 4.79 Å². The maximum atomic E-state index is 10.9. The molecule has 6 heteroatoms. The Morgan fingerprint density at radius 2 is 2.00 bits per heavy atom. The molecule has 0 spiro atoms. The number of aliphatic hydroxyl groups excluding tert-OH is 2. The fourth-order valence-electron chi connectivity index (χ4n) is 1.11. The van der Waals surface area contributed by atoms with E-state index in [4.69, 9.17) is 10.2 Å². The number of aliphatic hydroxyl groups is 2. The van der Waals surface area contributed by atoms with Crippen molar-refractivity contribution < 1.29 is 15.0 Å². The summed E-state index contributed by atoms with van der Waals surface area (Å²) in [5.74, 6) is 0. The molecule has 0 aliphatic rings. The maximum Gasteiger partial charge on any atom is 0.213 e. The number of hydrogen-bond donors (Lipinski definition) is 2. The van der Waals surface area contributed by atoms with Gasteiger partial charge >= 0.3 is 0 Å². The predicted octanol–water partition coefficient (Wildman–Crippen LogP) is 1.84. The SMILES string of the molecule is CC(=C(CCO)SSC(C)C)N(C=O)CCO. The summed E-state index contributed by atoms with van der Waals surface area (Å²) < 4.78 is 0. The van der Waals surface area contributed by atoms with E-state index in [2.05, 4.69) is 13.8 Å². The van der Waals surface area contributed by atoms with Crippen LogP contribution in [0.3, 0.4) is 0 Å². The zero-order chi connectivity index (χ0) is 13.3. The lowest BCUT2D eigenvalue weighted by Crippen LogP contribution is -2.24. The van der Waals surface area contributed by atoms with Gasteiger partial charge in [-0.2, -0.15) is 0 Å². The molecule has 0 unspecified atom stereocenters. The van der Waals surface area contributed by atoms with Gasteiger partial charge in [0.2, 0.25) is 6.41 Å². The molecular formula is C11H21NO3S2. The molecule has 0 atom stereocenters. The Balaban J connectivity index is 4.73. The van der Waals surface area contributed by atoms with Crippen LogP contribution < -0.4 is 0 Å². The van der Waals surface area contributed by atoms with Crippen molar-refractivity contribution in [3.05, 3.63) is 10.6 Å². The van der Waals surface area contributed by atoms with Crippen LogP contribution in [0.2, 0.25) is 0 Å². The van der Waals surface area contributed by atoms with Crippen LogP contribution in [0, 0.1) is 0 Å². The van der Waals surface area contributed by atoms with Gasteiger partial charge in [0.15, 0.2) is 0 Å². The minimum atomic E-state index is -0.0650. The highest BCUT2D eigenvalue weighted by Crippen LogP contribution is 2.37. The molecule has 4 nitrogen and oxygen atoms in total. The number of carbonyl (C=O) groups is 1. The zero-order valence-electron chi connectivity index (χ0n) is 10.5. The molecule has 0 heterocycles. The van der Waals surface area contributed by atoms with E-state index in [-0.39, 0.29) is 19.8 Å². The van der Waals surface area contributed by atoms with E-state index < -0.39 is 0 Å². The largest absolute Gasteiger partial charge is 0.396 e. The van der Waals surface area contributed by atoms with Crippen molar-refractivity contribution in [3.8, 4) is 0 Å². The molecule has 0 aromatic carbocycles. The first-order valence-corrected chi connectivity index (χ1v) is 7.74. The second kappa shape index (κ2) is 9.82. The van der Waals surface area contributed by atoms with Crippen molar-refractivity contribution in [1.82, 2.24) is 4.90 Å². The lowest BCUT2D eigenvalue weighted by Gasteiger charge is -2.20. The molecule has 1 amide bonds. The van der Waals surface area contributed by atoms with Gasteiger partial charge in [0, 0.05) is 35.4 Å². The Labute approximate surface area is 111 Å². The fraction of sp³-hybridized carbons (Fsp3) is 0.727. The van der Waals surface area contributed by atoms with Crippen molar-refractivity contribution in [2.24, 2.45) is 0 Å². The number of nitrogens with zero attached hydrogens (tertiary/aromatic N) is 1. The third-order valence-electron chi connectivity index (χ3n) is 1.98. The summed E-state index contributed by atoms with van der Waals surface area (Å²) in [7, 11) is 3.28. The van der Waals surface area contributed by atoms with E-state index in [1.807, 2.05) is 6.92 Å². The zero-order valence-corrected chi connectivity index (χ0v) is 12.2. The average molecular weight is 279 g/mol. The number of rotatable bonds is 9. The second-order valence-corrected chi connectivity index (χ2v) is 6.60. The summed E-state index contributed by atoms with van der Waals surface area (Å²) in [4.78, 5) is 13.3. The van der Waals surface area contributed by atoms with Crippen LogP contribution in [0.5, 0.6) is 0 Å². The van der Waals surface area contributed by atoms with Gasteiger partial charge in [0.1, 0.15) is 0 Å². The molecule has 0 aliphatic carbocycles. The molecule has 17 heavy (non-hydrogen) atoms. The minimum absolute atomic E-state index is 0.0597. The van der Waals surface area contributed by atoms with E-state index in [1.165, 1.54) is 4.90 Å². The Morgan fingerprint density at radius 3 is 2.41 bits per heavy atom. The van der Waals surface area contributed by atoms with Gasteiger partial charge in [0.05, 0.1) is 6.61 Å². The molecule has 100 valence electrons. The highest BCUT2D eigenvalue weighted by atomic mass is 33.1. The lowest BCUT2D eigenvalue weighted by atomic mass is 10.3. The second-order valence-electron chi connectivity index (χ2n) is 3.73. The van der Waals surface area contributed by atoms with E-state index in [0.717, 1.165) is 10.6 Å². The first kappa shape index (κ1) is 16.8. The van der Waals surface area contributed by atoms with Gasteiger partial charge in [-0.3, -0.25) is 4.79 Å². The van der Waals surface area contributed by atoms with Gasteiger partial charge in [0.25, 0.3) is 0 Å². The van der Waals surface area contributed by atoms with Gasteiger partial charge in [-0.15, -0.1) is 0 Å². The van der Waals surface area contributed by atoms with Crippen molar-refractivity contribution >= 4 is 28.0 Å². The summed E-state index contributed by atoms with van der Waals surface area (Å²) in [6.45, 7) is 6.30. The molecule has 0 aromatic heterocycles. The number of carbonyl (C=O) groups excluding carboxylic acids is 1. The number of hydrogen-bond acceptors (Lipinski definition) is 5. The molecule has 0 saturated carbocycles. The smallest absolute Gasteiger partial charge is 0.213 e. The maximum absolute atomic E-state index is 10.9. The van der Waals surface area contributed by atoms with Gasteiger partial charge in [-0.1, -0.05) is 35.4 Å². The summed E-state index contributed by atoms with van der Waals surface area (Å²) in [6, 6.07) is 0. The van der Waals surface area contributed by atoms with Crippen LogP contribution in [0.1, 0.15) is 27.2 Å². The van der Waals surface area contributed by atoms with Crippen LogP contribution in [-0.4, -0.2) is 46.5 Å². The molecule has 0 aromatic rings. The Morgan fingerprint density at radius 1 is 1.35 bits per heavy atom. The van der Waals surface area contributed by atoms with Crippen LogP contribution in [0.25, 0.3) is 0 Å². The first-order valence-electron chi connectivity index (χ1n) is 5.53. The quantitative estimate of drug-likeness (QED) is 0.498. The summed E-state index contributed by atoms with van der Waals surface area (Å²) in [5.41, 5.74) is 0.807. The monoisotopic (exact) mass is 279 g/mol. The molecule has 0 aliphatic heterocycles. The number of amides is 1.